The van der Waals surface area contributed by atoms with Gasteiger partial charge in [-0.25, -0.2) is 0 Å². The normalized spacial score (nSPS) is 18.2. The molecule has 1 N–H and O–H groups in total. The van der Waals surface area contributed by atoms with Crippen LogP contribution in [0, 0.1) is 0 Å². The second kappa shape index (κ2) is 6.28. The Labute approximate surface area is 163 Å². The second-order valence-electron chi connectivity index (χ2n) is 6.20. The Hall–Kier alpha value is -3.52. The molecule has 1 unspecified atom stereocenters. The fourth-order valence-corrected chi connectivity index (χ4v) is 4.07. The highest BCUT2D eigenvalue weighted by Crippen LogP contribution is 2.45. The number of anilines is 1. The first kappa shape index (κ1) is 16.6. The Morgan fingerprint density at radius 1 is 1.14 bits per heavy atom. The van der Waals surface area contributed by atoms with E-state index in [0.717, 1.165) is 0 Å². The number of carbonyl (C=O) groups is 2. The number of thiophene rings is 1. The van der Waals surface area contributed by atoms with Gasteiger partial charge in [0.15, 0.2) is 17.3 Å². The summed E-state index contributed by atoms with van der Waals surface area (Å²) in [4.78, 5) is 27.8. The van der Waals surface area contributed by atoms with Crippen molar-refractivity contribution in [2.45, 2.75) is 6.04 Å². The van der Waals surface area contributed by atoms with Crippen molar-refractivity contribution in [1.29, 1.82) is 0 Å². The van der Waals surface area contributed by atoms with Gasteiger partial charge in [0.1, 0.15) is 11.8 Å². The van der Waals surface area contributed by atoms with Gasteiger partial charge in [0.25, 0.3) is 5.91 Å². The molecule has 1 aromatic carbocycles. The van der Waals surface area contributed by atoms with Gasteiger partial charge in [0.05, 0.1) is 16.7 Å². The number of hydrogen-bond acceptors (Lipinski definition) is 7. The van der Waals surface area contributed by atoms with Crippen LogP contribution in [0.4, 0.5) is 5.69 Å². The van der Waals surface area contributed by atoms with Crippen LogP contribution in [-0.2, 0) is 4.79 Å². The van der Waals surface area contributed by atoms with E-state index in [2.05, 4.69) is 0 Å². The van der Waals surface area contributed by atoms with E-state index >= 15 is 0 Å². The lowest BCUT2D eigenvalue weighted by Gasteiger charge is -2.25. The van der Waals surface area contributed by atoms with Gasteiger partial charge in [-0.05, 0) is 35.7 Å². The van der Waals surface area contributed by atoms with Gasteiger partial charge >= 0.3 is 0 Å². The molecule has 1 atom stereocenters. The average molecular weight is 395 g/mol. The number of aliphatic hydroxyl groups is 1. The Bertz CT molecular complexity index is 1100. The Morgan fingerprint density at radius 2 is 2.00 bits per heavy atom. The standard InChI is InChI=1S/C20H13NO6S/c22-18(15-4-2-8-28-15)16-17(13-3-1-7-25-13)21(20(24)19(16)23)11-5-6-12-14(9-11)27-10-26-12/h1-9,17,23H,10H2. The van der Waals surface area contributed by atoms with E-state index in [-0.39, 0.29) is 12.4 Å². The predicted molar refractivity (Wildman–Crippen MR) is 99.8 cm³/mol. The van der Waals surface area contributed by atoms with Gasteiger partial charge in [-0.15, -0.1) is 11.3 Å². The van der Waals surface area contributed by atoms with Crippen molar-refractivity contribution < 1.29 is 28.6 Å². The highest BCUT2D eigenvalue weighted by molar-refractivity contribution is 7.12. The number of ketones is 1. The second-order valence-corrected chi connectivity index (χ2v) is 7.15. The smallest absolute Gasteiger partial charge is 0.294 e. The van der Waals surface area contributed by atoms with E-state index in [4.69, 9.17) is 13.9 Å². The summed E-state index contributed by atoms with van der Waals surface area (Å²) in [5.74, 6) is -0.254. The number of hydrogen-bond donors (Lipinski definition) is 1. The Morgan fingerprint density at radius 3 is 2.75 bits per heavy atom. The Kier molecular flexibility index (Phi) is 3.73. The molecule has 28 heavy (non-hydrogen) atoms. The molecule has 140 valence electrons. The van der Waals surface area contributed by atoms with Crippen LogP contribution in [0.2, 0.25) is 0 Å². The quantitative estimate of drug-likeness (QED) is 0.675. The lowest BCUT2D eigenvalue weighted by Crippen LogP contribution is -2.30. The van der Waals surface area contributed by atoms with Crippen molar-refractivity contribution >= 4 is 28.7 Å². The molecule has 4 heterocycles. The number of furan rings is 1. The van der Waals surface area contributed by atoms with Crippen LogP contribution in [0.1, 0.15) is 21.5 Å². The first-order valence-electron chi connectivity index (χ1n) is 8.43. The van der Waals surface area contributed by atoms with Crippen molar-refractivity contribution in [1.82, 2.24) is 0 Å². The zero-order chi connectivity index (χ0) is 19.3. The maximum Gasteiger partial charge on any atom is 0.294 e. The monoisotopic (exact) mass is 395 g/mol. The number of Topliss-reactive ketones (excluding diaryl/α,β-unsaturated/α-hetero) is 1. The van der Waals surface area contributed by atoms with E-state index in [1.165, 1.54) is 22.5 Å². The molecule has 0 fully saturated rings. The first-order valence-corrected chi connectivity index (χ1v) is 9.31. The van der Waals surface area contributed by atoms with Crippen LogP contribution in [0.15, 0.2) is 69.9 Å². The van der Waals surface area contributed by atoms with Crippen molar-refractivity contribution in [2.75, 3.05) is 11.7 Å². The van der Waals surface area contributed by atoms with Crippen molar-refractivity contribution in [3.8, 4) is 11.5 Å². The predicted octanol–water partition coefficient (Wildman–Crippen LogP) is 3.85. The summed E-state index contributed by atoms with van der Waals surface area (Å²) in [6, 6.07) is 10.8. The van der Waals surface area contributed by atoms with Gasteiger partial charge in [-0.3, -0.25) is 14.5 Å². The number of amides is 1. The largest absolute Gasteiger partial charge is 0.503 e. The molecule has 2 aliphatic heterocycles. The van der Waals surface area contributed by atoms with Crippen LogP contribution in [-0.4, -0.2) is 23.6 Å². The van der Waals surface area contributed by atoms with E-state index in [1.54, 1.807) is 47.8 Å². The van der Waals surface area contributed by atoms with E-state index < -0.39 is 23.5 Å². The van der Waals surface area contributed by atoms with Crippen LogP contribution < -0.4 is 14.4 Å². The van der Waals surface area contributed by atoms with Crippen LogP contribution in [0.5, 0.6) is 11.5 Å². The fourth-order valence-electron chi connectivity index (χ4n) is 3.40. The summed E-state index contributed by atoms with van der Waals surface area (Å²) >= 11 is 1.24. The minimum absolute atomic E-state index is 0.0138. The molecule has 0 aliphatic carbocycles. The average Bonchev–Trinajstić information content (AvgIpc) is 3.49. The van der Waals surface area contributed by atoms with E-state index in [9.17, 15) is 14.7 Å². The van der Waals surface area contributed by atoms with Gasteiger partial charge in [-0.1, -0.05) is 6.07 Å². The molecular formula is C20H13NO6S. The molecule has 1 amide bonds. The number of fused-ring (bicyclic) bond motifs is 1. The van der Waals surface area contributed by atoms with E-state index in [1.807, 2.05) is 0 Å². The number of aliphatic hydroxyl groups excluding tert-OH is 1. The lowest BCUT2D eigenvalue weighted by molar-refractivity contribution is -0.117. The Balaban J connectivity index is 1.64. The maximum atomic E-state index is 13.1. The molecular weight excluding hydrogens is 382 g/mol. The molecule has 0 bridgehead atoms. The third kappa shape index (κ3) is 2.42. The number of carbonyl (C=O) groups excluding carboxylic acids is 2. The molecule has 5 rings (SSSR count). The zero-order valence-corrected chi connectivity index (χ0v) is 15.1. The van der Waals surface area contributed by atoms with Gasteiger partial charge in [-0.2, -0.15) is 0 Å². The molecule has 2 aromatic heterocycles. The topological polar surface area (TPSA) is 89.2 Å². The fraction of sp³-hybridized carbons (Fsp3) is 0.100. The van der Waals surface area contributed by atoms with Gasteiger partial charge < -0.3 is 19.0 Å². The van der Waals surface area contributed by atoms with Gasteiger partial charge in [0, 0.05) is 11.8 Å². The van der Waals surface area contributed by atoms with Crippen LogP contribution >= 0.6 is 11.3 Å². The third-order valence-corrected chi connectivity index (χ3v) is 5.51. The molecule has 0 radical (unpaired) electrons. The lowest BCUT2D eigenvalue weighted by atomic mass is 10.00. The van der Waals surface area contributed by atoms with Crippen molar-refractivity contribution in [3.05, 3.63) is 76.1 Å². The molecule has 0 spiro atoms. The summed E-state index contributed by atoms with van der Waals surface area (Å²) in [5.41, 5.74) is 0.441. The van der Waals surface area contributed by atoms with Crippen LogP contribution in [0.3, 0.4) is 0 Å². The SMILES string of the molecule is O=C(C1=C(O)C(=O)N(c2ccc3c(c2)OCO3)C1c1ccco1)c1cccs1. The van der Waals surface area contributed by atoms with E-state index in [0.29, 0.717) is 27.8 Å². The molecule has 0 saturated carbocycles. The number of ether oxygens (including phenoxy) is 2. The van der Waals surface area contributed by atoms with Crippen molar-refractivity contribution in [3.63, 3.8) is 0 Å². The molecule has 2 aliphatic rings. The van der Waals surface area contributed by atoms with Crippen LogP contribution in [0.25, 0.3) is 0 Å². The first-order chi connectivity index (χ1) is 13.6. The summed E-state index contributed by atoms with van der Waals surface area (Å²) in [6.07, 6.45) is 1.46. The van der Waals surface area contributed by atoms with Crippen molar-refractivity contribution in [2.24, 2.45) is 0 Å². The molecule has 7 nitrogen and oxygen atoms in total. The number of rotatable bonds is 4. The zero-order valence-electron chi connectivity index (χ0n) is 14.3. The third-order valence-electron chi connectivity index (χ3n) is 4.64. The molecule has 3 aromatic rings. The summed E-state index contributed by atoms with van der Waals surface area (Å²) in [6.45, 7) is 0.0972. The number of benzene rings is 1. The molecule has 8 heteroatoms. The minimum atomic E-state index is -0.891. The van der Waals surface area contributed by atoms with Gasteiger partial charge in [0.2, 0.25) is 12.6 Å². The minimum Gasteiger partial charge on any atom is -0.503 e. The molecule has 0 saturated heterocycles. The summed E-state index contributed by atoms with van der Waals surface area (Å²) in [5, 5.41) is 12.4. The highest BCUT2D eigenvalue weighted by atomic mass is 32.1. The summed E-state index contributed by atoms with van der Waals surface area (Å²) in [7, 11) is 0. The maximum absolute atomic E-state index is 13.1. The highest BCUT2D eigenvalue weighted by Gasteiger charge is 2.46. The summed E-state index contributed by atoms with van der Waals surface area (Å²) < 4.78 is 16.2. The number of nitrogens with zero attached hydrogens (tertiary/aromatic N) is 1.